The van der Waals surface area contributed by atoms with Gasteiger partial charge in [-0.25, -0.2) is 18.4 Å². The van der Waals surface area contributed by atoms with Gasteiger partial charge in [0.2, 0.25) is 0 Å². The van der Waals surface area contributed by atoms with Crippen molar-refractivity contribution < 1.29 is 35.6 Å². The lowest BCUT2D eigenvalue weighted by Crippen LogP contribution is -2.57. The van der Waals surface area contributed by atoms with Gasteiger partial charge in [0, 0.05) is 20.0 Å². The van der Waals surface area contributed by atoms with E-state index in [9.17, 15) is 26.4 Å². The molecule has 0 saturated heterocycles. The SMILES string of the molecule is Cn1nc(S(N)(=O)=O)cc1C(C)(OC(=O)C(F)(F)F)[N+](C)(C)C. The molecule has 12 heteroatoms. The summed E-state index contributed by atoms with van der Waals surface area (Å²) < 4.78 is 65.8. The second-order valence-corrected chi connectivity index (χ2v) is 7.43. The number of rotatable bonds is 4. The minimum atomic E-state index is -5.20. The molecule has 23 heavy (non-hydrogen) atoms. The molecule has 0 saturated carbocycles. The van der Waals surface area contributed by atoms with Crippen LogP contribution in [0, 0.1) is 0 Å². The van der Waals surface area contributed by atoms with E-state index in [0.717, 1.165) is 10.7 Å². The van der Waals surface area contributed by atoms with E-state index >= 15 is 0 Å². The smallest absolute Gasteiger partial charge is 0.397 e. The maximum atomic E-state index is 12.6. The van der Waals surface area contributed by atoms with Gasteiger partial charge in [0.15, 0.2) is 5.03 Å². The Hall–Kier alpha value is -1.66. The Balaban J connectivity index is 3.51. The lowest BCUT2D eigenvalue weighted by molar-refractivity contribution is -0.955. The van der Waals surface area contributed by atoms with Gasteiger partial charge in [0.1, 0.15) is 5.69 Å². The van der Waals surface area contributed by atoms with Gasteiger partial charge < -0.3 is 4.74 Å². The minimum Gasteiger partial charge on any atom is -0.397 e. The monoisotopic (exact) mass is 359 g/mol. The molecule has 0 aliphatic heterocycles. The van der Waals surface area contributed by atoms with Gasteiger partial charge in [-0.15, -0.1) is 0 Å². The van der Waals surface area contributed by atoms with Gasteiger partial charge in [-0.05, 0) is 0 Å². The molecule has 1 atom stereocenters. The second-order valence-electron chi connectivity index (χ2n) is 5.92. The Kier molecular flexibility index (Phi) is 4.60. The van der Waals surface area contributed by atoms with Gasteiger partial charge in [0.25, 0.3) is 15.7 Å². The first-order valence-electron chi connectivity index (χ1n) is 6.19. The zero-order chi connectivity index (χ0) is 18.4. The second kappa shape index (κ2) is 5.46. The number of nitrogens with two attached hydrogens (primary N) is 1. The number of carbonyl (C=O) groups is 1. The van der Waals surface area contributed by atoms with Crippen LogP contribution < -0.4 is 5.14 Å². The van der Waals surface area contributed by atoms with Crippen LogP contribution >= 0.6 is 0 Å². The lowest BCUT2D eigenvalue weighted by Gasteiger charge is -2.42. The maximum Gasteiger partial charge on any atom is 0.491 e. The molecule has 8 nitrogen and oxygen atoms in total. The molecule has 2 N–H and O–H groups in total. The van der Waals surface area contributed by atoms with E-state index in [0.29, 0.717) is 0 Å². The number of ether oxygens (including phenoxy) is 1. The van der Waals surface area contributed by atoms with Crippen molar-refractivity contribution >= 4 is 16.0 Å². The Morgan fingerprint density at radius 2 is 1.83 bits per heavy atom. The van der Waals surface area contributed by atoms with Crippen LogP contribution in [-0.4, -0.2) is 56.0 Å². The predicted octanol–water partition coefficient (Wildman–Crippen LogP) is 0.0519. The van der Waals surface area contributed by atoms with Gasteiger partial charge >= 0.3 is 12.1 Å². The normalized spacial score (nSPS) is 16.0. The van der Waals surface area contributed by atoms with Crippen molar-refractivity contribution in [1.29, 1.82) is 0 Å². The van der Waals surface area contributed by atoms with Gasteiger partial charge in [-0.2, -0.15) is 18.3 Å². The summed E-state index contributed by atoms with van der Waals surface area (Å²) in [5.41, 5.74) is -1.93. The highest BCUT2D eigenvalue weighted by Crippen LogP contribution is 2.35. The van der Waals surface area contributed by atoms with E-state index in [1.807, 2.05) is 0 Å². The van der Waals surface area contributed by atoms with Crippen molar-refractivity contribution in [3.63, 3.8) is 0 Å². The van der Waals surface area contributed by atoms with Crippen LogP contribution in [0.2, 0.25) is 0 Å². The summed E-state index contributed by atoms with van der Waals surface area (Å²) in [5, 5.41) is 8.07. The molecule has 132 valence electrons. The topological polar surface area (TPSA) is 104 Å². The summed E-state index contributed by atoms with van der Waals surface area (Å²) in [6.07, 6.45) is -5.20. The van der Waals surface area contributed by atoms with Crippen LogP contribution in [0.4, 0.5) is 13.2 Å². The maximum absolute atomic E-state index is 12.6. The summed E-state index contributed by atoms with van der Waals surface area (Å²) in [5.74, 6) is -2.40. The Morgan fingerprint density at radius 3 is 2.13 bits per heavy atom. The Morgan fingerprint density at radius 1 is 1.35 bits per heavy atom. The molecule has 0 bridgehead atoms. The number of alkyl halides is 3. The molecule has 0 fully saturated rings. The van der Waals surface area contributed by atoms with E-state index in [-0.39, 0.29) is 10.2 Å². The Labute approximate surface area is 131 Å². The number of carbonyl (C=O) groups excluding carboxylic acids is 1. The molecular weight excluding hydrogens is 341 g/mol. The highest BCUT2D eigenvalue weighted by molar-refractivity contribution is 7.89. The van der Waals surface area contributed by atoms with Crippen molar-refractivity contribution in [2.75, 3.05) is 21.1 Å². The third-order valence-electron chi connectivity index (χ3n) is 3.43. The molecule has 1 heterocycles. The zero-order valence-electron chi connectivity index (χ0n) is 13.2. The van der Waals surface area contributed by atoms with Crippen molar-refractivity contribution in [2.24, 2.45) is 12.2 Å². The van der Waals surface area contributed by atoms with E-state index in [4.69, 9.17) is 5.14 Å². The number of primary sulfonamides is 1. The number of halogens is 3. The van der Waals surface area contributed by atoms with Crippen LogP contribution in [-0.2, 0) is 32.3 Å². The molecule has 0 aromatic carbocycles. The minimum absolute atomic E-state index is 0.0633. The summed E-state index contributed by atoms with van der Waals surface area (Å²) in [4.78, 5) is 11.3. The lowest BCUT2D eigenvalue weighted by atomic mass is 10.1. The zero-order valence-corrected chi connectivity index (χ0v) is 14.0. The van der Waals surface area contributed by atoms with Crippen LogP contribution in [0.5, 0.6) is 0 Å². The molecule has 0 amide bonds. The van der Waals surface area contributed by atoms with Gasteiger partial charge in [-0.1, -0.05) is 0 Å². The first-order valence-corrected chi connectivity index (χ1v) is 7.74. The first kappa shape index (κ1) is 19.4. The van der Waals surface area contributed by atoms with E-state index < -0.39 is 32.9 Å². The molecule has 0 radical (unpaired) electrons. The van der Waals surface area contributed by atoms with Crippen LogP contribution in [0.3, 0.4) is 0 Å². The molecule has 1 rings (SSSR count). The summed E-state index contributed by atoms with van der Waals surface area (Å²) in [6, 6.07) is 0.975. The van der Waals surface area contributed by atoms with Gasteiger partial charge in [0.05, 0.1) is 21.1 Å². The molecule has 0 aliphatic rings. The fourth-order valence-corrected chi connectivity index (χ4v) is 2.30. The number of esters is 1. The number of hydrogen-bond acceptors (Lipinski definition) is 5. The van der Waals surface area contributed by atoms with E-state index in [2.05, 4.69) is 9.84 Å². The van der Waals surface area contributed by atoms with Crippen molar-refractivity contribution in [1.82, 2.24) is 9.78 Å². The summed E-state index contributed by atoms with van der Waals surface area (Å²) >= 11 is 0. The largest absolute Gasteiger partial charge is 0.491 e. The van der Waals surface area contributed by atoms with Crippen LogP contribution in [0.15, 0.2) is 11.1 Å². The first-order chi connectivity index (χ1) is 10.00. The third kappa shape index (κ3) is 3.82. The predicted molar refractivity (Wildman–Crippen MR) is 72.1 cm³/mol. The molecule has 1 aromatic rings. The quantitative estimate of drug-likeness (QED) is 0.465. The van der Waals surface area contributed by atoms with Crippen molar-refractivity contribution in [2.45, 2.75) is 23.9 Å². The number of aromatic nitrogens is 2. The van der Waals surface area contributed by atoms with Gasteiger partial charge in [-0.3, -0.25) is 9.16 Å². The summed E-state index contributed by atoms with van der Waals surface area (Å²) in [6.45, 7) is 1.22. The highest BCUT2D eigenvalue weighted by Gasteiger charge is 2.53. The molecule has 0 aliphatic carbocycles. The number of aryl methyl sites for hydroxylation is 1. The van der Waals surface area contributed by atoms with Crippen LogP contribution in [0.25, 0.3) is 0 Å². The highest BCUT2D eigenvalue weighted by atomic mass is 32.2. The third-order valence-corrected chi connectivity index (χ3v) is 4.21. The fraction of sp³-hybridized carbons (Fsp3) is 0.636. The average molecular weight is 359 g/mol. The number of quaternary nitrogens is 1. The molecule has 1 unspecified atom stereocenters. The number of nitrogens with zero attached hydrogens (tertiary/aromatic N) is 3. The van der Waals surface area contributed by atoms with Crippen molar-refractivity contribution in [3.05, 3.63) is 11.8 Å². The Bertz CT molecular complexity index is 721. The van der Waals surface area contributed by atoms with Crippen molar-refractivity contribution in [3.8, 4) is 0 Å². The van der Waals surface area contributed by atoms with E-state index in [1.165, 1.54) is 35.1 Å². The number of sulfonamides is 1. The molecular formula is C11H18F3N4O4S+. The number of hydrogen-bond donors (Lipinski definition) is 1. The molecule has 0 spiro atoms. The fourth-order valence-electron chi connectivity index (χ4n) is 1.79. The summed E-state index contributed by atoms with van der Waals surface area (Å²) in [7, 11) is 1.57. The molecule has 1 aromatic heterocycles. The standard InChI is InChI=1S/C11H18F3N4O4S/c1-10(18(3,4)5,22-9(19)11(12,13)14)7-6-8(16-17(7)2)23(15,20)21/h6H,1-5H3,(H2,15,20,21)/q+1. The van der Waals surface area contributed by atoms with E-state index in [1.54, 1.807) is 0 Å². The van der Waals surface area contributed by atoms with Crippen LogP contribution in [0.1, 0.15) is 12.6 Å². The average Bonchev–Trinajstić information content (AvgIpc) is 2.68.